The van der Waals surface area contributed by atoms with Gasteiger partial charge in [0, 0.05) is 38.6 Å². The summed E-state index contributed by atoms with van der Waals surface area (Å²) in [6.07, 6.45) is 6.24. The van der Waals surface area contributed by atoms with E-state index in [1.165, 1.54) is 5.56 Å². The molecule has 0 aromatic carbocycles. The van der Waals surface area contributed by atoms with Gasteiger partial charge in [0.2, 0.25) is 0 Å². The molecule has 1 N–H and O–H groups in total. The molecule has 21 heavy (non-hydrogen) atoms. The number of likely N-dealkylation sites (N-methyl/N-ethyl adjacent to an activating group) is 1. The molecular formula is C16H25N3O2. The molecule has 2 saturated heterocycles. The lowest BCUT2D eigenvalue weighted by Gasteiger charge is -2.28. The van der Waals surface area contributed by atoms with E-state index in [2.05, 4.69) is 28.3 Å². The third-order valence-corrected chi connectivity index (χ3v) is 4.26. The molecule has 1 aromatic heterocycles. The Morgan fingerprint density at radius 1 is 1.52 bits per heavy atom. The third-order valence-electron chi connectivity index (χ3n) is 4.26. The minimum absolute atomic E-state index is 0.101. The zero-order valence-electron chi connectivity index (χ0n) is 12.8. The summed E-state index contributed by atoms with van der Waals surface area (Å²) in [5.74, 6) is 0. The molecule has 5 nitrogen and oxygen atoms in total. The van der Waals surface area contributed by atoms with Gasteiger partial charge in [0.05, 0.1) is 19.3 Å². The zero-order chi connectivity index (χ0) is 14.5. The number of hydrogen-bond acceptors (Lipinski definition) is 5. The van der Waals surface area contributed by atoms with Crippen LogP contribution in [0.3, 0.4) is 0 Å². The van der Waals surface area contributed by atoms with Crippen molar-refractivity contribution in [1.82, 2.24) is 15.2 Å². The molecule has 1 spiro atoms. The summed E-state index contributed by atoms with van der Waals surface area (Å²) >= 11 is 0. The predicted octanol–water partition coefficient (Wildman–Crippen LogP) is 1.05. The van der Waals surface area contributed by atoms with Gasteiger partial charge < -0.3 is 14.8 Å². The second-order valence-corrected chi connectivity index (χ2v) is 6.25. The molecule has 0 saturated carbocycles. The quantitative estimate of drug-likeness (QED) is 0.898. The fraction of sp³-hybridized carbons (Fsp3) is 0.688. The summed E-state index contributed by atoms with van der Waals surface area (Å²) < 4.78 is 12.0. The molecule has 2 fully saturated rings. The Balaban J connectivity index is 1.50. The number of aromatic nitrogens is 1. The average molecular weight is 291 g/mol. The maximum absolute atomic E-state index is 6.33. The Morgan fingerprint density at radius 3 is 3.33 bits per heavy atom. The van der Waals surface area contributed by atoms with Crippen LogP contribution < -0.4 is 5.32 Å². The van der Waals surface area contributed by atoms with Crippen molar-refractivity contribution in [2.45, 2.75) is 31.1 Å². The summed E-state index contributed by atoms with van der Waals surface area (Å²) in [6.45, 7) is 5.22. The van der Waals surface area contributed by atoms with Gasteiger partial charge in [-0.25, -0.2) is 0 Å². The maximum atomic E-state index is 6.33. The van der Waals surface area contributed by atoms with Gasteiger partial charge in [-0.15, -0.1) is 0 Å². The first-order valence-electron chi connectivity index (χ1n) is 7.80. The highest BCUT2D eigenvalue weighted by atomic mass is 16.6. The fourth-order valence-corrected chi connectivity index (χ4v) is 3.25. The van der Waals surface area contributed by atoms with Crippen LogP contribution in [0.2, 0.25) is 0 Å². The first kappa shape index (κ1) is 14.9. The molecule has 2 atom stereocenters. The van der Waals surface area contributed by atoms with Gasteiger partial charge in [0.1, 0.15) is 5.60 Å². The van der Waals surface area contributed by atoms with Crippen LogP contribution in [0.25, 0.3) is 0 Å². The second kappa shape index (κ2) is 6.83. The highest BCUT2D eigenvalue weighted by molar-refractivity contribution is 5.08. The van der Waals surface area contributed by atoms with Crippen molar-refractivity contribution in [3.05, 3.63) is 30.1 Å². The molecule has 1 aromatic rings. The Kier molecular flexibility index (Phi) is 4.85. The summed E-state index contributed by atoms with van der Waals surface area (Å²) in [6, 6.07) is 4.10. The van der Waals surface area contributed by atoms with E-state index >= 15 is 0 Å². The van der Waals surface area contributed by atoms with E-state index < -0.39 is 0 Å². The summed E-state index contributed by atoms with van der Waals surface area (Å²) in [5.41, 5.74) is 1.14. The van der Waals surface area contributed by atoms with E-state index in [4.69, 9.17) is 9.47 Å². The van der Waals surface area contributed by atoms with Crippen LogP contribution in [0, 0.1) is 0 Å². The Hall–Kier alpha value is -1.01. The van der Waals surface area contributed by atoms with Crippen LogP contribution in [0.1, 0.15) is 18.4 Å². The van der Waals surface area contributed by atoms with Gasteiger partial charge in [-0.2, -0.15) is 0 Å². The Bertz CT molecular complexity index is 432. The molecule has 5 heteroatoms. The highest BCUT2D eigenvalue weighted by Crippen LogP contribution is 2.31. The standard InChI is InChI=1S/C16H25N3O2/c1-19(10-14-3-2-6-17-9-14)11-15-4-5-16(21-15)12-18-7-8-20-13-16/h2-3,6,9,15,18H,4-5,7-8,10-13H2,1H3. The van der Waals surface area contributed by atoms with E-state index in [0.29, 0.717) is 6.10 Å². The van der Waals surface area contributed by atoms with Crippen LogP contribution in [0.5, 0.6) is 0 Å². The summed E-state index contributed by atoms with van der Waals surface area (Å²) in [5, 5.41) is 3.42. The smallest absolute Gasteiger partial charge is 0.104 e. The van der Waals surface area contributed by atoms with Crippen LogP contribution in [0.4, 0.5) is 0 Å². The topological polar surface area (TPSA) is 46.6 Å². The van der Waals surface area contributed by atoms with Crippen molar-refractivity contribution in [1.29, 1.82) is 0 Å². The molecule has 2 aliphatic heterocycles. The monoisotopic (exact) mass is 291 g/mol. The van der Waals surface area contributed by atoms with E-state index in [0.717, 1.165) is 52.2 Å². The molecule has 3 rings (SSSR count). The average Bonchev–Trinajstić information content (AvgIpc) is 2.72. The molecule has 0 radical (unpaired) electrons. The Morgan fingerprint density at radius 2 is 2.48 bits per heavy atom. The molecule has 116 valence electrons. The predicted molar refractivity (Wildman–Crippen MR) is 81.1 cm³/mol. The lowest BCUT2D eigenvalue weighted by atomic mass is 10.0. The summed E-state index contributed by atoms with van der Waals surface area (Å²) in [7, 11) is 2.14. The number of nitrogens with zero attached hydrogens (tertiary/aromatic N) is 2. The molecule has 0 bridgehead atoms. The van der Waals surface area contributed by atoms with Crippen molar-refractivity contribution < 1.29 is 9.47 Å². The van der Waals surface area contributed by atoms with Gasteiger partial charge >= 0.3 is 0 Å². The first-order valence-corrected chi connectivity index (χ1v) is 7.80. The van der Waals surface area contributed by atoms with Crippen LogP contribution in [0.15, 0.2) is 24.5 Å². The SMILES string of the molecule is CN(Cc1cccnc1)CC1CCC2(CNCCOC2)O1. The van der Waals surface area contributed by atoms with Gasteiger partial charge in [-0.05, 0) is 31.5 Å². The van der Waals surface area contributed by atoms with Gasteiger partial charge in [0.25, 0.3) is 0 Å². The number of ether oxygens (including phenoxy) is 2. The lowest BCUT2D eigenvalue weighted by Crippen LogP contribution is -2.43. The van der Waals surface area contributed by atoms with Gasteiger partial charge in [-0.1, -0.05) is 6.07 Å². The largest absolute Gasteiger partial charge is 0.377 e. The van der Waals surface area contributed by atoms with Crippen LogP contribution in [-0.4, -0.2) is 61.5 Å². The van der Waals surface area contributed by atoms with E-state index in [1.807, 2.05) is 18.5 Å². The van der Waals surface area contributed by atoms with Crippen LogP contribution in [-0.2, 0) is 16.0 Å². The molecule has 0 aliphatic carbocycles. The van der Waals surface area contributed by atoms with Gasteiger partial charge in [0.15, 0.2) is 0 Å². The first-order chi connectivity index (χ1) is 10.3. The van der Waals surface area contributed by atoms with E-state index in [9.17, 15) is 0 Å². The third kappa shape index (κ3) is 4.01. The van der Waals surface area contributed by atoms with Crippen LogP contribution >= 0.6 is 0 Å². The van der Waals surface area contributed by atoms with Crippen molar-refractivity contribution in [3.8, 4) is 0 Å². The highest BCUT2D eigenvalue weighted by Gasteiger charge is 2.41. The summed E-state index contributed by atoms with van der Waals surface area (Å²) in [4.78, 5) is 6.48. The number of rotatable bonds is 4. The second-order valence-electron chi connectivity index (χ2n) is 6.25. The van der Waals surface area contributed by atoms with E-state index in [-0.39, 0.29) is 5.60 Å². The Labute approximate surface area is 126 Å². The van der Waals surface area contributed by atoms with E-state index in [1.54, 1.807) is 0 Å². The fourth-order valence-electron chi connectivity index (χ4n) is 3.25. The molecule has 0 amide bonds. The molecule has 2 aliphatic rings. The van der Waals surface area contributed by atoms with Crippen molar-refractivity contribution in [2.24, 2.45) is 0 Å². The maximum Gasteiger partial charge on any atom is 0.104 e. The lowest BCUT2D eigenvalue weighted by molar-refractivity contribution is -0.0834. The van der Waals surface area contributed by atoms with Crippen molar-refractivity contribution in [3.63, 3.8) is 0 Å². The molecule has 2 unspecified atom stereocenters. The van der Waals surface area contributed by atoms with Crippen molar-refractivity contribution in [2.75, 3.05) is 39.9 Å². The van der Waals surface area contributed by atoms with Gasteiger partial charge in [-0.3, -0.25) is 9.88 Å². The minimum Gasteiger partial charge on any atom is -0.377 e. The molecule has 3 heterocycles. The van der Waals surface area contributed by atoms with Crippen molar-refractivity contribution >= 4 is 0 Å². The number of nitrogens with one attached hydrogen (secondary N) is 1. The number of hydrogen-bond donors (Lipinski definition) is 1. The normalized spacial score (nSPS) is 29.9. The minimum atomic E-state index is -0.101. The number of pyridine rings is 1. The molecular weight excluding hydrogens is 266 g/mol. The zero-order valence-corrected chi connectivity index (χ0v) is 12.8.